The molecular formula is C19H21F3N2O. The predicted molar refractivity (Wildman–Crippen MR) is 90.9 cm³/mol. The molecule has 3 rings (SSSR count). The molecule has 1 N–H and O–H groups in total. The maximum absolute atomic E-state index is 13.9. The van der Waals surface area contributed by atoms with E-state index in [1.165, 1.54) is 6.07 Å². The molecule has 1 atom stereocenters. The summed E-state index contributed by atoms with van der Waals surface area (Å²) in [6, 6.07) is 8.61. The average molecular weight is 350 g/mol. The molecule has 1 aliphatic heterocycles. The lowest BCUT2D eigenvalue weighted by Gasteiger charge is -2.31. The van der Waals surface area contributed by atoms with Crippen LogP contribution in [-0.4, -0.2) is 23.6 Å². The third kappa shape index (κ3) is 3.35. The molecule has 1 amide bonds. The van der Waals surface area contributed by atoms with Crippen LogP contribution in [0.25, 0.3) is 10.8 Å². The van der Waals surface area contributed by atoms with E-state index in [-0.39, 0.29) is 29.9 Å². The first-order valence-corrected chi connectivity index (χ1v) is 8.24. The number of nitrogens with one attached hydrogen (secondary N) is 1. The normalized spacial score (nSPS) is 17.8. The van der Waals surface area contributed by atoms with E-state index in [9.17, 15) is 18.0 Å². The molecule has 1 aliphatic rings. The first-order chi connectivity index (χ1) is 11.6. The lowest BCUT2D eigenvalue weighted by molar-refractivity contribution is -0.190. The summed E-state index contributed by atoms with van der Waals surface area (Å²) < 4.78 is 41.6. The van der Waals surface area contributed by atoms with Crippen LogP contribution in [0.1, 0.15) is 44.4 Å². The molecule has 2 aromatic carbocycles. The minimum Gasteiger partial charge on any atom is -0.288 e. The van der Waals surface area contributed by atoms with Gasteiger partial charge >= 0.3 is 6.18 Å². The first kappa shape index (κ1) is 17.7. The Morgan fingerprint density at radius 3 is 2.24 bits per heavy atom. The number of alkyl halides is 3. The van der Waals surface area contributed by atoms with Gasteiger partial charge in [0, 0.05) is 13.0 Å². The molecule has 0 aromatic heterocycles. The fourth-order valence-corrected chi connectivity index (χ4v) is 3.44. The molecule has 3 nitrogen and oxygen atoms in total. The molecule has 2 aromatic rings. The van der Waals surface area contributed by atoms with Gasteiger partial charge in [-0.15, -0.1) is 0 Å². The van der Waals surface area contributed by atoms with Crippen molar-refractivity contribution in [1.82, 2.24) is 10.4 Å². The number of hydrogen-bond donors (Lipinski definition) is 1. The van der Waals surface area contributed by atoms with Crippen molar-refractivity contribution in [2.24, 2.45) is 0 Å². The monoisotopic (exact) mass is 350 g/mol. The highest BCUT2D eigenvalue weighted by Crippen LogP contribution is 2.42. The predicted octanol–water partition coefficient (Wildman–Crippen LogP) is 4.48. The summed E-state index contributed by atoms with van der Waals surface area (Å²) in [7, 11) is 0. The molecule has 0 unspecified atom stereocenters. The lowest BCUT2D eigenvalue weighted by Crippen LogP contribution is -2.43. The quantitative estimate of drug-likeness (QED) is 0.866. The summed E-state index contributed by atoms with van der Waals surface area (Å²) in [6.07, 6.45) is -4.42. The highest BCUT2D eigenvalue weighted by Gasteiger charge is 2.47. The Morgan fingerprint density at radius 2 is 1.68 bits per heavy atom. The maximum Gasteiger partial charge on any atom is 0.409 e. The van der Waals surface area contributed by atoms with Crippen molar-refractivity contribution in [2.45, 2.75) is 44.8 Å². The minimum absolute atomic E-state index is 0.0400. The van der Waals surface area contributed by atoms with Gasteiger partial charge < -0.3 is 0 Å². The molecule has 1 saturated heterocycles. The van der Waals surface area contributed by atoms with Gasteiger partial charge in [-0.3, -0.25) is 10.2 Å². The Balaban J connectivity index is 2.20. The number of benzene rings is 2. The largest absolute Gasteiger partial charge is 0.409 e. The topological polar surface area (TPSA) is 32.3 Å². The number of hydrogen-bond acceptors (Lipinski definition) is 2. The van der Waals surface area contributed by atoms with Gasteiger partial charge in [0.1, 0.15) is 0 Å². The number of rotatable bonds is 2. The zero-order valence-corrected chi connectivity index (χ0v) is 14.4. The number of amides is 1. The van der Waals surface area contributed by atoms with Crippen LogP contribution < -0.4 is 5.43 Å². The molecule has 0 bridgehead atoms. The molecule has 0 aliphatic carbocycles. The number of carbonyl (C=O) groups is 1. The van der Waals surface area contributed by atoms with Gasteiger partial charge in [-0.25, -0.2) is 5.01 Å². The minimum atomic E-state index is -4.50. The Bertz CT molecular complexity index is 808. The molecule has 0 saturated carbocycles. The lowest BCUT2D eigenvalue weighted by atomic mass is 9.82. The highest BCUT2D eigenvalue weighted by molar-refractivity contribution is 5.90. The fraction of sp³-hybridized carbons (Fsp3) is 0.421. The number of hydrazine groups is 1. The second-order valence-electron chi connectivity index (χ2n) is 7.42. The summed E-state index contributed by atoms with van der Waals surface area (Å²) in [6.45, 7) is 6.15. The van der Waals surface area contributed by atoms with Crippen LogP contribution in [0.5, 0.6) is 0 Å². The van der Waals surface area contributed by atoms with Crippen LogP contribution in [-0.2, 0) is 10.2 Å². The zero-order valence-electron chi connectivity index (χ0n) is 14.4. The van der Waals surface area contributed by atoms with E-state index in [0.29, 0.717) is 5.39 Å². The van der Waals surface area contributed by atoms with Crippen LogP contribution in [0.15, 0.2) is 36.4 Å². The average Bonchev–Trinajstić information content (AvgIpc) is 2.90. The smallest absolute Gasteiger partial charge is 0.288 e. The molecule has 0 radical (unpaired) electrons. The first-order valence-electron chi connectivity index (χ1n) is 8.24. The SMILES string of the molecule is CC(C)(C)c1cccc2c([C@H](N3CCC(=O)N3)C(F)(F)F)cccc12. The van der Waals surface area contributed by atoms with E-state index in [2.05, 4.69) is 5.43 Å². The molecule has 6 heteroatoms. The van der Waals surface area contributed by atoms with Crippen LogP contribution >= 0.6 is 0 Å². The third-order valence-electron chi connectivity index (χ3n) is 4.53. The maximum atomic E-state index is 13.9. The van der Waals surface area contributed by atoms with Crippen molar-refractivity contribution < 1.29 is 18.0 Å². The summed E-state index contributed by atoms with van der Waals surface area (Å²) in [4.78, 5) is 11.4. The van der Waals surface area contributed by atoms with E-state index >= 15 is 0 Å². The Morgan fingerprint density at radius 1 is 1.04 bits per heavy atom. The number of halogens is 3. The molecule has 1 fully saturated rings. The van der Waals surface area contributed by atoms with Crippen molar-refractivity contribution in [2.75, 3.05) is 6.54 Å². The van der Waals surface area contributed by atoms with Gasteiger partial charge in [0.2, 0.25) is 5.91 Å². The standard InChI is InChI=1S/C19H21F3N2O/c1-18(2,3)15-9-5-6-12-13(15)7-4-8-14(12)17(19(20,21)22)24-11-10-16(25)23-24/h4-9,17H,10-11H2,1-3H3,(H,23,25)/t17-/m0/s1. The van der Waals surface area contributed by atoms with Gasteiger partial charge in [-0.2, -0.15) is 13.2 Å². The van der Waals surface area contributed by atoms with Crippen LogP contribution in [0.3, 0.4) is 0 Å². The molecule has 134 valence electrons. The van der Waals surface area contributed by atoms with Gasteiger partial charge in [0.15, 0.2) is 6.04 Å². The van der Waals surface area contributed by atoms with Gasteiger partial charge in [-0.1, -0.05) is 57.2 Å². The van der Waals surface area contributed by atoms with Crippen LogP contribution in [0, 0.1) is 0 Å². The van der Waals surface area contributed by atoms with Crippen LogP contribution in [0.4, 0.5) is 13.2 Å². The highest BCUT2D eigenvalue weighted by atomic mass is 19.4. The number of fused-ring (bicyclic) bond motifs is 1. The molecular weight excluding hydrogens is 329 g/mol. The molecule has 0 spiro atoms. The third-order valence-corrected chi connectivity index (χ3v) is 4.53. The Hall–Kier alpha value is -2.08. The van der Waals surface area contributed by atoms with Crippen molar-refractivity contribution in [3.05, 3.63) is 47.5 Å². The van der Waals surface area contributed by atoms with E-state index in [1.807, 2.05) is 32.9 Å². The van der Waals surface area contributed by atoms with E-state index in [1.54, 1.807) is 18.2 Å². The summed E-state index contributed by atoms with van der Waals surface area (Å²) in [5, 5.41) is 2.38. The number of nitrogens with zero attached hydrogens (tertiary/aromatic N) is 1. The van der Waals surface area contributed by atoms with Crippen molar-refractivity contribution >= 4 is 16.7 Å². The Kier molecular flexibility index (Phi) is 4.27. The molecule has 1 heterocycles. The second kappa shape index (κ2) is 6.02. The summed E-state index contributed by atoms with van der Waals surface area (Å²) >= 11 is 0. The van der Waals surface area contributed by atoms with Crippen molar-refractivity contribution in [1.29, 1.82) is 0 Å². The molecule has 25 heavy (non-hydrogen) atoms. The summed E-state index contributed by atoms with van der Waals surface area (Å²) in [5.74, 6) is -0.384. The van der Waals surface area contributed by atoms with Gasteiger partial charge in [-0.05, 0) is 27.3 Å². The number of carbonyl (C=O) groups excluding carboxylic acids is 1. The zero-order chi connectivity index (χ0) is 18.4. The van der Waals surface area contributed by atoms with E-state index in [0.717, 1.165) is 16.0 Å². The van der Waals surface area contributed by atoms with Crippen LogP contribution in [0.2, 0.25) is 0 Å². The van der Waals surface area contributed by atoms with E-state index in [4.69, 9.17) is 0 Å². The van der Waals surface area contributed by atoms with E-state index < -0.39 is 12.2 Å². The van der Waals surface area contributed by atoms with Gasteiger partial charge in [0.25, 0.3) is 0 Å². The van der Waals surface area contributed by atoms with Gasteiger partial charge in [0.05, 0.1) is 0 Å². The van der Waals surface area contributed by atoms with Crippen molar-refractivity contribution in [3.63, 3.8) is 0 Å². The summed E-state index contributed by atoms with van der Waals surface area (Å²) in [5.41, 5.74) is 3.32. The fourth-order valence-electron chi connectivity index (χ4n) is 3.44. The van der Waals surface area contributed by atoms with Crippen molar-refractivity contribution in [3.8, 4) is 0 Å². The second-order valence-corrected chi connectivity index (χ2v) is 7.42. The Labute approximate surface area is 144 Å².